The van der Waals surface area contributed by atoms with E-state index >= 15 is 0 Å². The molecule has 8 nitrogen and oxygen atoms in total. The molecule has 0 saturated heterocycles. The monoisotopic (exact) mass is 289 g/mol. The van der Waals surface area contributed by atoms with Gasteiger partial charge in [0.15, 0.2) is 0 Å². The van der Waals surface area contributed by atoms with Gasteiger partial charge in [0.25, 0.3) is 11.6 Å². The lowest BCUT2D eigenvalue weighted by molar-refractivity contribution is -0.384. The number of carbonyl (C=O) groups excluding carboxylic acids is 1. The molecule has 2 rings (SSSR count). The predicted molar refractivity (Wildman–Crippen MR) is 77.0 cm³/mol. The number of anilines is 1. The lowest BCUT2D eigenvalue weighted by Gasteiger charge is -2.07. The van der Waals surface area contributed by atoms with Gasteiger partial charge in [0.1, 0.15) is 5.69 Å². The summed E-state index contributed by atoms with van der Waals surface area (Å²) >= 11 is 0. The molecule has 21 heavy (non-hydrogen) atoms. The third kappa shape index (κ3) is 3.35. The molecule has 1 aromatic heterocycles. The number of carbonyl (C=O) groups is 1. The second-order valence-corrected chi connectivity index (χ2v) is 4.40. The highest BCUT2D eigenvalue weighted by Gasteiger charge is 2.16. The minimum absolute atomic E-state index is 0.0846. The van der Waals surface area contributed by atoms with Crippen molar-refractivity contribution < 1.29 is 9.72 Å². The van der Waals surface area contributed by atoms with Crippen LogP contribution in [0.3, 0.4) is 0 Å². The minimum Gasteiger partial charge on any atom is -0.374 e. The predicted octanol–water partition coefficient (Wildman–Crippen LogP) is 1.30. The number of hydrogen-bond donors (Lipinski definition) is 2. The summed E-state index contributed by atoms with van der Waals surface area (Å²) in [6, 6.07) is 6.00. The summed E-state index contributed by atoms with van der Waals surface area (Å²) < 4.78 is 1.65. The lowest BCUT2D eigenvalue weighted by Crippen LogP contribution is -2.18. The Hall–Kier alpha value is -2.90. The van der Waals surface area contributed by atoms with Crippen LogP contribution in [0.5, 0.6) is 0 Å². The Balaban J connectivity index is 2.25. The van der Waals surface area contributed by atoms with E-state index in [4.69, 9.17) is 0 Å². The summed E-state index contributed by atoms with van der Waals surface area (Å²) in [7, 11) is 3.29. The lowest BCUT2D eigenvalue weighted by atomic mass is 10.1. The zero-order valence-corrected chi connectivity index (χ0v) is 11.7. The molecule has 110 valence electrons. The molecule has 0 unspecified atom stereocenters. The second-order valence-electron chi connectivity index (χ2n) is 4.40. The average Bonchev–Trinajstić information content (AvgIpc) is 2.89. The zero-order chi connectivity index (χ0) is 15.4. The number of hydrogen-bond acceptors (Lipinski definition) is 5. The van der Waals surface area contributed by atoms with Crippen molar-refractivity contribution in [1.29, 1.82) is 0 Å². The fraction of sp³-hybridized carbons (Fsp3) is 0.231. The van der Waals surface area contributed by atoms with E-state index in [1.54, 1.807) is 24.0 Å². The number of nitrogens with one attached hydrogen (secondary N) is 2. The molecule has 0 saturated carbocycles. The Kier molecular flexibility index (Phi) is 4.17. The van der Waals surface area contributed by atoms with E-state index in [-0.39, 0.29) is 17.3 Å². The van der Waals surface area contributed by atoms with Crippen molar-refractivity contribution in [3.8, 4) is 0 Å². The van der Waals surface area contributed by atoms with E-state index in [0.29, 0.717) is 12.1 Å². The van der Waals surface area contributed by atoms with Crippen molar-refractivity contribution in [2.45, 2.75) is 6.54 Å². The van der Waals surface area contributed by atoms with E-state index in [0.717, 1.165) is 5.69 Å². The molecular weight excluding hydrogens is 274 g/mol. The summed E-state index contributed by atoms with van der Waals surface area (Å²) in [6.07, 6.45) is 1.78. The van der Waals surface area contributed by atoms with Gasteiger partial charge in [-0.1, -0.05) is 0 Å². The highest BCUT2D eigenvalue weighted by Crippen LogP contribution is 2.26. The van der Waals surface area contributed by atoms with E-state index in [9.17, 15) is 14.9 Å². The normalized spacial score (nSPS) is 10.2. The van der Waals surface area contributed by atoms with Crippen LogP contribution in [0.4, 0.5) is 11.4 Å². The van der Waals surface area contributed by atoms with Crippen molar-refractivity contribution in [1.82, 2.24) is 15.1 Å². The van der Waals surface area contributed by atoms with Gasteiger partial charge in [-0.2, -0.15) is 5.10 Å². The van der Waals surface area contributed by atoms with Crippen molar-refractivity contribution in [3.63, 3.8) is 0 Å². The zero-order valence-electron chi connectivity index (χ0n) is 11.7. The molecular formula is C13H15N5O3. The third-order valence-corrected chi connectivity index (χ3v) is 2.91. The molecule has 0 spiro atoms. The first-order valence-electron chi connectivity index (χ1n) is 6.24. The number of aryl methyl sites for hydroxylation is 1. The topological polar surface area (TPSA) is 102 Å². The Morgan fingerprint density at radius 2 is 2.19 bits per heavy atom. The summed E-state index contributed by atoms with van der Waals surface area (Å²) in [6.45, 7) is 0.332. The van der Waals surface area contributed by atoms with Gasteiger partial charge in [0, 0.05) is 31.9 Å². The van der Waals surface area contributed by atoms with E-state index in [2.05, 4.69) is 15.7 Å². The van der Waals surface area contributed by atoms with Gasteiger partial charge in [-0.15, -0.1) is 0 Å². The fourth-order valence-corrected chi connectivity index (χ4v) is 1.87. The highest BCUT2D eigenvalue weighted by molar-refractivity contribution is 5.95. The average molecular weight is 289 g/mol. The third-order valence-electron chi connectivity index (χ3n) is 2.91. The van der Waals surface area contributed by atoms with Gasteiger partial charge < -0.3 is 10.6 Å². The second kappa shape index (κ2) is 6.04. The number of nitro groups is 1. The van der Waals surface area contributed by atoms with Crippen LogP contribution in [0.2, 0.25) is 0 Å². The van der Waals surface area contributed by atoms with Crippen LogP contribution in [0.15, 0.2) is 30.5 Å². The first-order valence-corrected chi connectivity index (χ1v) is 6.24. The molecule has 0 aliphatic carbocycles. The molecule has 1 amide bonds. The molecule has 1 aromatic carbocycles. The van der Waals surface area contributed by atoms with Gasteiger partial charge in [0.2, 0.25) is 0 Å². The number of amides is 1. The first kappa shape index (κ1) is 14.5. The molecule has 2 aromatic rings. The van der Waals surface area contributed by atoms with Gasteiger partial charge in [-0.25, -0.2) is 0 Å². The maximum absolute atomic E-state index is 11.6. The van der Waals surface area contributed by atoms with Gasteiger partial charge in [-0.3, -0.25) is 19.6 Å². The quantitative estimate of drug-likeness (QED) is 0.638. The fourth-order valence-electron chi connectivity index (χ4n) is 1.87. The van der Waals surface area contributed by atoms with E-state index in [1.165, 1.54) is 25.2 Å². The minimum atomic E-state index is -0.492. The standard InChI is InChI=1S/C13H15N5O3/c1-14-13(19)9-3-4-12(18(20)21)11(7-9)15-8-10-5-6-17(2)16-10/h3-7,15H,8H2,1-2H3,(H,14,19). The van der Waals surface area contributed by atoms with Crippen LogP contribution in [-0.2, 0) is 13.6 Å². The van der Waals surface area contributed by atoms with Gasteiger partial charge in [0.05, 0.1) is 17.2 Å². The number of rotatable bonds is 5. The highest BCUT2D eigenvalue weighted by atomic mass is 16.6. The van der Waals surface area contributed by atoms with Crippen LogP contribution in [0.25, 0.3) is 0 Å². The molecule has 8 heteroatoms. The Bertz CT molecular complexity index is 680. The van der Waals surface area contributed by atoms with E-state index in [1.807, 2.05) is 0 Å². The van der Waals surface area contributed by atoms with Crippen molar-refractivity contribution in [2.75, 3.05) is 12.4 Å². The van der Waals surface area contributed by atoms with Crippen LogP contribution >= 0.6 is 0 Å². The molecule has 0 aliphatic heterocycles. The van der Waals surface area contributed by atoms with Crippen LogP contribution < -0.4 is 10.6 Å². The molecule has 0 radical (unpaired) electrons. The summed E-state index contributed by atoms with van der Waals surface area (Å²) in [5, 5.41) is 20.6. The van der Waals surface area contributed by atoms with Crippen molar-refractivity contribution >= 4 is 17.3 Å². The maximum Gasteiger partial charge on any atom is 0.292 e. The Morgan fingerprint density at radius 1 is 1.43 bits per heavy atom. The molecule has 2 N–H and O–H groups in total. The molecule has 0 bridgehead atoms. The van der Waals surface area contributed by atoms with Gasteiger partial charge >= 0.3 is 0 Å². The molecule has 1 heterocycles. The van der Waals surface area contributed by atoms with Crippen LogP contribution in [0.1, 0.15) is 16.1 Å². The first-order chi connectivity index (χ1) is 10.0. The Labute approximate surface area is 120 Å². The summed E-state index contributed by atoms with van der Waals surface area (Å²) in [5.74, 6) is -0.300. The smallest absolute Gasteiger partial charge is 0.292 e. The summed E-state index contributed by atoms with van der Waals surface area (Å²) in [4.78, 5) is 22.1. The van der Waals surface area contributed by atoms with Crippen LogP contribution in [0, 0.1) is 10.1 Å². The number of nitro benzene ring substituents is 1. The largest absolute Gasteiger partial charge is 0.374 e. The van der Waals surface area contributed by atoms with Crippen LogP contribution in [-0.4, -0.2) is 27.7 Å². The number of nitrogens with zero attached hydrogens (tertiary/aromatic N) is 3. The van der Waals surface area contributed by atoms with E-state index < -0.39 is 4.92 Å². The molecule has 0 atom stereocenters. The van der Waals surface area contributed by atoms with Crippen molar-refractivity contribution in [3.05, 3.63) is 51.8 Å². The number of benzene rings is 1. The Morgan fingerprint density at radius 3 is 2.76 bits per heavy atom. The maximum atomic E-state index is 11.6. The van der Waals surface area contributed by atoms with Gasteiger partial charge in [-0.05, 0) is 18.2 Å². The summed E-state index contributed by atoms with van der Waals surface area (Å²) in [5.41, 5.74) is 1.30. The van der Waals surface area contributed by atoms with Crippen molar-refractivity contribution in [2.24, 2.45) is 7.05 Å². The molecule has 0 fully saturated rings. The SMILES string of the molecule is CNC(=O)c1ccc([N+](=O)[O-])c(NCc2ccn(C)n2)c1. The number of aromatic nitrogens is 2. The molecule has 0 aliphatic rings.